The predicted octanol–water partition coefficient (Wildman–Crippen LogP) is 2.61. The summed E-state index contributed by atoms with van der Waals surface area (Å²) in [5.74, 6) is 1.25. The minimum absolute atomic E-state index is 0. The molecule has 0 aliphatic carbocycles. The molecule has 0 saturated heterocycles. The Bertz CT molecular complexity index is 274. The number of hydrogen-bond donors (Lipinski definition) is 1. The third-order valence-electron chi connectivity index (χ3n) is 2.23. The maximum Gasteiger partial charge on any atom is 0.0189 e. The van der Waals surface area contributed by atoms with Crippen LogP contribution >= 0.6 is 24.2 Å². The summed E-state index contributed by atoms with van der Waals surface area (Å²) in [6, 6.07) is 6.48. The van der Waals surface area contributed by atoms with Crippen LogP contribution in [0.4, 0.5) is 0 Å². The maximum atomic E-state index is 5.66. The highest BCUT2D eigenvalue weighted by atomic mass is 35.5. The Morgan fingerprint density at radius 2 is 2.23 bits per heavy atom. The summed E-state index contributed by atoms with van der Waals surface area (Å²) >= 11 is 1.96. The van der Waals surface area contributed by atoms with Gasteiger partial charge in [-0.25, -0.2) is 0 Å². The van der Waals surface area contributed by atoms with Crippen molar-refractivity contribution in [1.82, 2.24) is 0 Å². The van der Waals surface area contributed by atoms with E-state index in [1.54, 1.807) is 0 Å². The summed E-state index contributed by atoms with van der Waals surface area (Å²) in [5, 5.41) is 0. The minimum atomic E-state index is 0. The highest BCUT2D eigenvalue weighted by molar-refractivity contribution is 7.99. The van der Waals surface area contributed by atoms with E-state index in [4.69, 9.17) is 5.73 Å². The number of nitrogens with two attached hydrogens (primary N) is 1. The third-order valence-corrected chi connectivity index (χ3v) is 3.54. The summed E-state index contributed by atoms with van der Waals surface area (Å²) in [7, 11) is 0. The zero-order chi connectivity index (χ0) is 8.39. The highest BCUT2D eigenvalue weighted by Gasteiger charge is 2.11. The molecule has 1 aromatic carbocycles. The molecule has 1 aliphatic heterocycles. The fourth-order valence-corrected chi connectivity index (χ4v) is 2.80. The van der Waals surface area contributed by atoms with Crippen molar-refractivity contribution in [3.8, 4) is 0 Å². The smallest absolute Gasteiger partial charge is 0.0189 e. The largest absolute Gasteiger partial charge is 0.326 e. The number of halogens is 1. The van der Waals surface area contributed by atoms with Gasteiger partial charge in [-0.3, -0.25) is 0 Å². The van der Waals surface area contributed by atoms with E-state index >= 15 is 0 Å². The average Bonchev–Trinajstić information content (AvgIpc) is 2.17. The van der Waals surface area contributed by atoms with Crippen molar-refractivity contribution in [2.75, 3.05) is 5.75 Å². The Morgan fingerprint density at radius 1 is 1.38 bits per heavy atom. The molecule has 3 heteroatoms. The summed E-state index contributed by atoms with van der Waals surface area (Å²) in [6.45, 7) is 0.677. The van der Waals surface area contributed by atoms with Gasteiger partial charge in [0.25, 0.3) is 0 Å². The Labute approximate surface area is 89.5 Å². The molecule has 2 rings (SSSR count). The number of fused-ring (bicyclic) bond motifs is 1. The lowest BCUT2D eigenvalue weighted by molar-refractivity contribution is 0.869. The molecular formula is C10H14ClNS. The summed E-state index contributed by atoms with van der Waals surface area (Å²) in [4.78, 5) is 1.45. The van der Waals surface area contributed by atoms with E-state index in [-0.39, 0.29) is 12.4 Å². The van der Waals surface area contributed by atoms with Crippen molar-refractivity contribution in [1.29, 1.82) is 0 Å². The van der Waals surface area contributed by atoms with Crippen molar-refractivity contribution in [2.24, 2.45) is 5.73 Å². The van der Waals surface area contributed by atoms with Crippen molar-refractivity contribution in [3.63, 3.8) is 0 Å². The minimum Gasteiger partial charge on any atom is -0.326 e. The number of rotatable bonds is 1. The van der Waals surface area contributed by atoms with E-state index < -0.39 is 0 Å². The van der Waals surface area contributed by atoms with Crippen molar-refractivity contribution >= 4 is 24.2 Å². The molecule has 1 heterocycles. The number of hydrogen-bond acceptors (Lipinski definition) is 2. The monoisotopic (exact) mass is 215 g/mol. The third kappa shape index (κ3) is 2.19. The zero-order valence-electron chi connectivity index (χ0n) is 7.45. The second-order valence-corrected chi connectivity index (χ2v) is 4.17. The number of benzene rings is 1. The van der Waals surface area contributed by atoms with Crippen LogP contribution in [0.2, 0.25) is 0 Å². The molecule has 0 radical (unpaired) electrons. The van der Waals surface area contributed by atoms with E-state index in [1.807, 2.05) is 11.8 Å². The van der Waals surface area contributed by atoms with Crippen molar-refractivity contribution in [3.05, 3.63) is 29.3 Å². The molecule has 13 heavy (non-hydrogen) atoms. The number of aryl methyl sites for hydroxylation is 1. The Balaban J connectivity index is 0.000000845. The average molecular weight is 216 g/mol. The fraction of sp³-hybridized carbons (Fsp3) is 0.400. The second kappa shape index (κ2) is 4.89. The van der Waals surface area contributed by atoms with Gasteiger partial charge in [0.1, 0.15) is 0 Å². The van der Waals surface area contributed by atoms with Gasteiger partial charge in [-0.15, -0.1) is 24.2 Å². The Morgan fingerprint density at radius 3 is 3.00 bits per heavy atom. The lowest BCUT2D eigenvalue weighted by Gasteiger charge is -2.17. The quantitative estimate of drug-likeness (QED) is 0.780. The predicted molar refractivity (Wildman–Crippen MR) is 60.6 cm³/mol. The topological polar surface area (TPSA) is 26.0 Å². The molecule has 0 atom stereocenters. The first-order valence-corrected chi connectivity index (χ1v) is 5.34. The van der Waals surface area contributed by atoms with Crippen LogP contribution in [0, 0.1) is 0 Å². The molecular weight excluding hydrogens is 202 g/mol. The summed E-state index contributed by atoms with van der Waals surface area (Å²) in [6.07, 6.45) is 2.54. The summed E-state index contributed by atoms with van der Waals surface area (Å²) < 4.78 is 0. The molecule has 1 aromatic rings. The van der Waals surface area contributed by atoms with Gasteiger partial charge in [-0.05, 0) is 29.7 Å². The van der Waals surface area contributed by atoms with Gasteiger partial charge in [0.2, 0.25) is 0 Å². The molecule has 0 saturated carbocycles. The highest BCUT2D eigenvalue weighted by Crippen LogP contribution is 2.32. The molecule has 1 nitrogen and oxygen atoms in total. The zero-order valence-corrected chi connectivity index (χ0v) is 9.09. The van der Waals surface area contributed by atoms with Crippen LogP contribution in [-0.4, -0.2) is 5.75 Å². The maximum absolute atomic E-state index is 5.66. The fourth-order valence-electron chi connectivity index (χ4n) is 1.62. The van der Waals surface area contributed by atoms with Crippen LogP contribution in [0.1, 0.15) is 17.5 Å². The van der Waals surface area contributed by atoms with E-state index in [9.17, 15) is 0 Å². The standard InChI is InChI=1S/C10H13NS.ClH/c11-7-9-4-1-3-8-5-2-6-12-10(8)9;/h1,3-4H,2,5-7,11H2;1H. The molecule has 72 valence electrons. The van der Waals surface area contributed by atoms with Gasteiger partial charge in [-0.2, -0.15) is 0 Å². The molecule has 0 fully saturated rings. The normalized spacial score (nSPS) is 14.5. The van der Waals surface area contributed by atoms with E-state index in [0.717, 1.165) is 0 Å². The lowest BCUT2D eigenvalue weighted by Crippen LogP contribution is -2.05. The summed E-state index contributed by atoms with van der Waals surface area (Å²) in [5.41, 5.74) is 8.47. The van der Waals surface area contributed by atoms with E-state index in [2.05, 4.69) is 18.2 Å². The number of thioether (sulfide) groups is 1. The first-order chi connectivity index (χ1) is 5.92. The Hall–Kier alpha value is -0.180. The lowest BCUT2D eigenvalue weighted by atomic mass is 10.1. The van der Waals surface area contributed by atoms with Crippen LogP contribution in [-0.2, 0) is 13.0 Å². The van der Waals surface area contributed by atoms with E-state index in [1.165, 1.54) is 34.6 Å². The Kier molecular flexibility index (Phi) is 4.10. The van der Waals surface area contributed by atoms with Gasteiger partial charge in [-0.1, -0.05) is 18.2 Å². The molecule has 2 N–H and O–H groups in total. The van der Waals surface area contributed by atoms with Gasteiger partial charge in [0, 0.05) is 11.4 Å². The van der Waals surface area contributed by atoms with Crippen LogP contribution in [0.3, 0.4) is 0 Å². The van der Waals surface area contributed by atoms with Crippen LogP contribution < -0.4 is 5.73 Å². The first kappa shape index (κ1) is 10.9. The van der Waals surface area contributed by atoms with Gasteiger partial charge >= 0.3 is 0 Å². The van der Waals surface area contributed by atoms with E-state index in [0.29, 0.717) is 6.54 Å². The molecule has 0 amide bonds. The first-order valence-electron chi connectivity index (χ1n) is 4.35. The van der Waals surface area contributed by atoms with Crippen molar-refractivity contribution < 1.29 is 0 Å². The van der Waals surface area contributed by atoms with Crippen LogP contribution in [0.15, 0.2) is 23.1 Å². The van der Waals surface area contributed by atoms with Crippen LogP contribution in [0.5, 0.6) is 0 Å². The van der Waals surface area contributed by atoms with Crippen molar-refractivity contribution in [2.45, 2.75) is 24.3 Å². The molecule has 0 spiro atoms. The SMILES string of the molecule is Cl.NCc1cccc2c1SCCC2. The molecule has 1 aliphatic rings. The molecule has 0 bridgehead atoms. The van der Waals surface area contributed by atoms with Crippen LogP contribution in [0.25, 0.3) is 0 Å². The van der Waals surface area contributed by atoms with Gasteiger partial charge < -0.3 is 5.73 Å². The van der Waals surface area contributed by atoms with Gasteiger partial charge in [0.05, 0.1) is 0 Å². The second-order valence-electron chi connectivity index (χ2n) is 3.06. The molecule has 0 unspecified atom stereocenters. The van der Waals surface area contributed by atoms with Gasteiger partial charge in [0.15, 0.2) is 0 Å². The molecule has 0 aromatic heterocycles.